The molecule has 0 aromatic heterocycles. The summed E-state index contributed by atoms with van der Waals surface area (Å²) < 4.78 is 38.3. The minimum atomic E-state index is -4.12. The first-order valence-electron chi connectivity index (χ1n) is 6.56. The summed E-state index contributed by atoms with van der Waals surface area (Å²) in [5.41, 5.74) is 5.10. The van der Waals surface area contributed by atoms with Gasteiger partial charge < -0.3 is 16.2 Å². The van der Waals surface area contributed by atoms with Gasteiger partial charge in [-0.05, 0) is 38.6 Å². The van der Waals surface area contributed by atoms with E-state index in [4.69, 9.17) is 10.8 Å². The monoisotopic (exact) mass is 268 g/mol. The lowest BCUT2D eigenvalue weighted by Crippen LogP contribution is -2.55. The van der Waals surface area contributed by atoms with Crippen LogP contribution in [0.25, 0.3) is 0 Å². The Morgan fingerprint density at radius 1 is 1.33 bits per heavy atom. The lowest BCUT2D eigenvalue weighted by molar-refractivity contribution is -0.188. The molecule has 0 amide bonds. The Morgan fingerprint density at radius 2 is 2.06 bits per heavy atom. The van der Waals surface area contributed by atoms with Gasteiger partial charge in [0.2, 0.25) is 0 Å². The molecule has 4 N–H and O–H groups in total. The minimum Gasteiger partial charge on any atom is -0.396 e. The highest BCUT2D eigenvalue weighted by atomic mass is 19.4. The van der Waals surface area contributed by atoms with Crippen LogP contribution in [0.5, 0.6) is 0 Å². The van der Waals surface area contributed by atoms with Crippen LogP contribution < -0.4 is 11.1 Å². The number of hydrogen-bond donors (Lipinski definition) is 3. The SMILES string of the molecule is NCC1(NCCCCO)CCCC(C(F)(F)F)C1. The van der Waals surface area contributed by atoms with Crippen LogP contribution in [-0.4, -0.2) is 36.5 Å². The fourth-order valence-electron chi connectivity index (χ4n) is 2.65. The summed E-state index contributed by atoms with van der Waals surface area (Å²) in [4.78, 5) is 0. The van der Waals surface area contributed by atoms with E-state index < -0.39 is 17.6 Å². The standard InChI is InChI=1S/C12H23F3N2O/c13-12(14,15)10-4-3-5-11(8-10,9-16)17-6-1-2-7-18/h10,17-18H,1-9,16H2. The smallest absolute Gasteiger partial charge is 0.391 e. The molecule has 1 rings (SSSR count). The third kappa shape index (κ3) is 4.40. The molecule has 6 heteroatoms. The van der Waals surface area contributed by atoms with Gasteiger partial charge in [-0.2, -0.15) is 13.2 Å². The number of halogens is 3. The average molecular weight is 268 g/mol. The molecule has 0 aromatic carbocycles. The van der Waals surface area contributed by atoms with Gasteiger partial charge in [0, 0.05) is 18.7 Å². The average Bonchev–Trinajstić information content (AvgIpc) is 2.34. The Labute approximate surface area is 106 Å². The van der Waals surface area contributed by atoms with Gasteiger partial charge in [0.05, 0.1) is 5.92 Å². The van der Waals surface area contributed by atoms with Gasteiger partial charge in [0.25, 0.3) is 0 Å². The summed E-state index contributed by atoms with van der Waals surface area (Å²) in [5.74, 6) is -1.24. The minimum absolute atomic E-state index is 0.0755. The van der Waals surface area contributed by atoms with Crippen LogP contribution in [0.4, 0.5) is 13.2 Å². The third-order valence-corrected chi connectivity index (χ3v) is 3.78. The van der Waals surface area contributed by atoms with E-state index in [-0.39, 0.29) is 26.0 Å². The van der Waals surface area contributed by atoms with Crippen molar-refractivity contribution in [3.05, 3.63) is 0 Å². The molecule has 0 bridgehead atoms. The molecule has 0 aromatic rings. The maximum atomic E-state index is 12.8. The van der Waals surface area contributed by atoms with E-state index in [9.17, 15) is 13.2 Å². The Bertz CT molecular complexity index is 248. The first-order chi connectivity index (χ1) is 8.43. The van der Waals surface area contributed by atoms with Gasteiger partial charge >= 0.3 is 6.18 Å². The zero-order valence-electron chi connectivity index (χ0n) is 10.6. The van der Waals surface area contributed by atoms with Crippen molar-refractivity contribution >= 4 is 0 Å². The molecule has 1 saturated carbocycles. The predicted molar refractivity (Wildman–Crippen MR) is 64.1 cm³/mol. The molecule has 2 atom stereocenters. The molecular weight excluding hydrogens is 245 g/mol. The van der Waals surface area contributed by atoms with Crippen molar-refractivity contribution in [2.24, 2.45) is 11.7 Å². The second-order valence-electron chi connectivity index (χ2n) is 5.18. The fourth-order valence-corrected chi connectivity index (χ4v) is 2.65. The molecule has 0 aliphatic heterocycles. The quantitative estimate of drug-likeness (QED) is 0.644. The molecule has 2 unspecified atom stereocenters. The predicted octanol–water partition coefficient (Wildman–Crippen LogP) is 1.80. The molecule has 0 saturated heterocycles. The number of rotatable bonds is 6. The van der Waals surface area contributed by atoms with Gasteiger partial charge in [0.1, 0.15) is 0 Å². The van der Waals surface area contributed by atoms with Gasteiger partial charge in [-0.15, -0.1) is 0 Å². The van der Waals surface area contributed by atoms with Gasteiger partial charge in [-0.1, -0.05) is 6.42 Å². The van der Waals surface area contributed by atoms with E-state index in [0.29, 0.717) is 25.8 Å². The number of nitrogens with one attached hydrogen (secondary N) is 1. The van der Waals surface area contributed by atoms with Crippen molar-refractivity contribution in [3.8, 4) is 0 Å². The number of hydrogen-bond acceptors (Lipinski definition) is 3. The van der Waals surface area contributed by atoms with Crippen molar-refractivity contribution in [2.75, 3.05) is 19.7 Å². The topological polar surface area (TPSA) is 58.3 Å². The second-order valence-corrected chi connectivity index (χ2v) is 5.18. The van der Waals surface area contributed by atoms with Crippen molar-refractivity contribution in [2.45, 2.75) is 50.2 Å². The van der Waals surface area contributed by atoms with Crippen molar-refractivity contribution in [1.82, 2.24) is 5.32 Å². The summed E-state index contributed by atoms with van der Waals surface area (Å²) in [6.07, 6.45) is -1.14. The molecule has 0 radical (unpaired) electrons. The van der Waals surface area contributed by atoms with E-state index in [1.54, 1.807) is 0 Å². The summed E-state index contributed by atoms with van der Waals surface area (Å²) >= 11 is 0. The van der Waals surface area contributed by atoms with Crippen LogP contribution in [0.2, 0.25) is 0 Å². The Morgan fingerprint density at radius 3 is 2.61 bits per heavy atom. The molecular formula is C12H23F3N2O. The molecule has 18 heavy (non-hydrogen) atoms. The number of nitrogens with two attached hydrogens (primary N) is 1. The number of aliphatic hydroxyl groups is 1. The van der Waals surface area contributed by atoms with Gasteiger partial charge in [0.15, 0.2) is 0 Å². The van der Waals surface area contributed by atoms with E-state index in [0.717, 1.165) is 6.42 Å². The molecule has 3 nitrogen and oxygen atoms in total. The van der Waals surface area contributed by atoms with E-state index in [2.05, 4.69) is 5.32 Å². The molecule has 0 spiro atoms. The first-order valence-corrected chi connectivity index (χ1v) is 6.56. The van der Waals surface area contributed by atoms with E-state index >= 15 is 0 Å². The van der Waals surface area contributed by atoms with E-state index in [1.807, 2.05) is 0 Å². The maximum Gasteiger partial charge on any atom is 0.391 e. The lowest BCUT2D eigenvalue weighted by atomic mass is 9.75. The highest BCUT2D eigenvalue weighted by Crippen LogP contribution is 2.41. The van der Waals surface area contributed by atoms with Crippen LogP contribution in [0.15, 0.2) is 0 Å². The molecule has 1 aliphatic rings. The fraction of sp³-hybridized carbons (Fsp3) is 1.00. The number of unbranched alkanes of at least 4 members (excludes halogenated alkanes) is 1. The van der Waals surface area contributed by atoms with E-state index in [1.165, 1.54) is 0 Å². The van der Waals surface area contributed by atoms with Gasteiger partial charge in [-0.3, -0.25) is 0 Å². The Balaban J connectivity index is 2.52. The molecule has 1 fully saturated rings. The van der Waals surface area contributed by atoms with Crippen LogP contribution in [0.3, 0.4) is 0 Å². The Kier molecular flexibility index (Phi) is 5.88. The van der Waals surface area contributed by atoms with Crippen LogP contribution in [0, 0.1) is 5.92 Å². The summed E-state index contributed by atoms with van der Waals surface area (Å²) in [6.45, 7) is 0.962. The first kappa shape index (κ1) is 15.7. The van der Waals surface area contributed by atoms with Crippen LogP contribution in [-0.2, 0) is 0 Å². The summed E-state index contributed by atoms with van der Waals surface area (Å²) in [6, 6.07) is 0. The van der Waals surface area contributed by atoms with Crippen LogP contribution in [0.1, 0.15) is 38.5 Å². The summed E-state index contributed by atoms with van der Waals surface area (Å²) in [7, 11) is 0. The van der Waals surface area contributed by atoms with Crippen molar-refractivity contribution in [1.29, 1.82) is 0 Å². The van der Waals surface area contributed by atoms with Crippen molar-refractivity contribution in [3.63, 3.8) is 0 Å². The summed E-state index contributed by atoms with van der Waals surface area (Å²) in [5, 5.41) is 11.9. The third-order valence-electron chi connectivity index (χ3n) is 3.78. The molecule has 0 heterocycles. The Hall–Kier alpha value is -0.330. The molecule has 1 aliphatic carbocycles. The van der Waals surface area contributed by atoms with Crippen LogP contribution >= 0.6 is 0 Å². The molecule has 108 valence electrons. The largest absolute Gasteiger partial charge is 0.396 e. The van der Waals surface area contributed by atoms with Crippen molar-refractivity contribution < 1.29 is 18.3 Å². The highest BCUT2D eigenvalue weighted by molar-refractivity contribution is 4.96. The highest BCUT2D eigenvalue weighted by Gasteiger charge is 2.46. The second kappa shape index (κ2) is 6.73. The number of alkyl halides is 3. The zero-order chi connectivity index (χ0) is 13.6. The normalized spacial score (nSPS) is 29.5. The zero-order valence-corrected chi connectivity index (χ0v) is 10.6. The lowest BCUT2D eigenvalue weighted by Gasteiger charge is -2.41. The number of aliphatic hydroxyl groups excluding tert-OH is 1. The maximum absolute atomic E-state index is 12.8. The van der Waals surface area contributed by atoms with Gasteiger partial charge in [-0.25, -0.2) is 0 Å².